The van der Waals surface area contributed by atoms with Gasteiger partial charge in [0.15, 0.2) is 0 Å². The Morgan fingerprint density at radius 1 is 1.02 bits per heavy atom. The van der Waals surface area contributed by atoms with Crippen molar-refractivity contribution in [2.24, 2.45) is 5.92 Å². The molecule has 0 spiro atoms. The van der Waals surface area contributed by atoms with Gasteiger partial charge >= 0.3 is 0 Å². The lowest BCUT2D eigenvalue weighted by Gasteiger charge is -2.32. The first-order valence-corrected chi connectivity index (χ1v) is 15.9. The second kappa shape index (κ2) is 14.3. The van der Waals surface area contributed by atoms with E-state index in [-0.39, 0.29) is 25.1 Å². The number of nitrogens with zero attached hydrogens (tertiary/aromatic N) is 2. The van der Waals surface area contributed by atoms with Gasteiger partial charge in [-0.25, -0.2) is 0 Å². The average Bonchev–Trinajstić information content (AvgIpc) is 3.79. The summed E-state index contributed by atoms with van der Waals surface area (Å²) in [5.41, 5.74) is 1.21. The predicted octanol–water partition coefficient (Wildman–Crippen LogP) is -0.921. The van der Waals surface area contributed by atoms with Crippen LogP contribution in [0.4, 0.5) is 0 Å². The zero-order chi connectivity index (χ0) is 33.8. The van der Waals surface area contributed by atoms with Crippen LogP contribution in [0.1, 0.15) is 61.3 Å². The maximum atomic E-state index is 14.3. The molecule has 1 aromatic heterocycles. The van der Waals surface area contributed by atoms with Gasteiger partial charge in [0.1, 0.15) is 24.2 Å². The Morgan fingerprint density at radius 3 is 2.45 bits per heavy atom. The fourth-order valence-corrected chi connectivity index (χ4v) is 6.47. The second-order valence-electron chi connectivity index (χ2n) is 12.6. The van der Waals surface area contributed by atoms with E-state index in [4.69, 9.17) is 4.52 Å². The van der Waals surface area contributed by atoms with E-state index in [1.807, 2.05) is 0 Å². The van der Waals surface area contributed by atoms with Crippen molar-refractivity contribution >= 4 is 35.4 Å². The minimum Gasteiger partial charge on any atom is -0.391 e. The van der Waals surface area contributed by atoms with Gasteiger partial charge in [0, 0.05) is 31.1 Å². The van der Waals surface area contributed by atoms with E-state index >= 15 is 0 Å². The van der Waals surface area contributed by atoms with Crippen molar-refractivity contribution in [2.45, 2.75) is 95.2 Å². The monoisotopic (exact) mass is 651 g/mol. The number of amides is 6. The van der Waals surface area contributed by atoms with Crippen molar-refractivity contribution in [2.75, 3.05) is 6.54 Å². The standard InChI is InChI=1S/C32H41N7O8/c1-16-12-25(47-38-16)30(44)34-20-14-24-29(43)33-17(2)27(41)35-22-11-7-10-21(22)28(42)37-26(18(3)40)31(45)36-23(32(46)39(24)15-20)13-19-8-5-4-6-9-19/h4-6,8-9,12,17-18,20-24,26,40H,7,10-11,13-15H2,1-3H3,(H,33,43)(H,34,44)(H,35,41)(H,36,45)(H,37,42)/t17-,18+,20+,21+,22+,23-,24-,26-/m0/s1. The molecular formula is C32H41N7O8. The zero-order valence-corrected chi connectivity index (χ0v) is 26.5. The Hall–Kier alpha value is -4.79. The van der Waals surface area contributed by atoms with Gasteiger partial charge in [-0.3, -0.25) is 28.8 Å². The summed E-state index contributed by atoms with van der Waals surface area (Å²) in [6.07, 6.45) is 0.373. The van der Waals surface area contributed by atoms with E-state index in [1.165, 1.54) is 24.8 Å². The quantitative estimate of drug-likeness (QED) is 0.236. The summed E-state index contributed by atoms with van der Waals surface area (Å²) < 4.78 is 5.07. The highest BCUT2D eigenvalue weighted by atomic mass is 16.5. The fourth-order valence-electron chi connectivity index (χ4n) is 6.47. The van der Waals surface area contributed by atoms with Crippen molar-refractivity contribution in [3.63, 3.8) is 0 Å². The molecule has 3 heterocycles. The van der Waals surface area contributed by atoms with Gasteiger partial charge in [0.05, 0.1) is 17.7 Å². The van der Waals surface area contributed by atoms with E-state index in [1.54, 1.807) is 37.3 Å². The number of aromatic nitrogens is 1. The second-order valence-corrected chi connectivity index (χ2v) is 12.6. The maximum absolute atomic E-state index is 14.3. The molecular weight excluding hydrogens is 610 g/mol. The first-order chi connectivity index (χ1) is 22.4. The summed E-state index contributed by atoms with van der Waals surface area (Å²) in [5, 5.41) is 28.0. The zero-order valence-electron chi connectivity index (χ0n) is 26.5. The molecule has 1 aliphatic carbocycles. The molecule has 0 bridgehead atoms. The smallest absolute Gasteiger partial charge is 0.290 e. The van der Waals surface area contributed by atoms with E-state index in [9.17, 15) is 33.9 Å². The van der Waals surface area contributed by atoms with Crippen LogP contribution in [0.25, 0.3) is 0 Å². The number of aryl methyl sites for hydroxylation is 1. The van der Waals surface area contributed by atoms with Crippen LogP contribution >= 0.6 is 0 Å². The highest BCUT2D eigenvalue weighted by molar-refractivity contribution is 5.97. The number of aliphatic hydroxyl groups excluding tert-OH is 1. The molecule has 0 radical (unpaired) electrons. The van der Waals surface area contributed by atoms with Gasteiger partial charge in [0.2, 0.25) is 35.3 Å². The molecule has 6 N–H and O–H groups in total. The van der Waals surface area contributed by atoms with Gasteiger partial charge in [-0.1, -0.05) is 41.9 Å². The Morgan fingerprint density at radius 2 is 1.77 bits per heavy atom. The van der Waals surface area contributed by atoms with E-state index in [0.29, 0.717) is 30.5 Å². The molecule has 6 amide bonds. The van der Waals surface area contributed by atoms with Crippen LogP contribution in [0.15, 0.2) is 40.9 Å². The molecule has 3 fully saturated rings. The Balaban J connectivity index is 1.48. The molecule has 0 unspecified atom stereocenters. The van der Waals surface area contributed by atoms with Crippen molar-refractivity contribution < 1.29 is 38.4 Å². The third-order valence-corrected chi connectivity index (χ3v) is 8.97. The van der Waals surface area contributed by atoms with Crippen LogP contribution < -0.4 is 26.6 Å². The lowest BCUT2D eigenvalue weighted by Crippen LogP contribution is -2.61. The predicted molar refractivity (Wildman–Crippen MR) is 165 cm³/mol. The van der Waals surface area contributed by atoms with Crippen LogP contribution in [0.2, 0.25) is 0 Å². The van der Waals surface area contributed by atoms with Gasteiger partial charge in [0.25, 0.3) is 5.91 Å². The number of hydrogen-bond acceptors (Lipinski definition) is 9. The minimum absolute atomic E-state index is 0.0217. The normalized spacial score (nSPS) is 29.6. The molecule has 15 nitrogen and oxygen atoms in total. The van der Waals surface area contributed by atoms with Crippen molar-refractivity contribution in [1.29, 1.82) is 0 Å². The number of nitrogens with one attached hydrogen (secondary N) is 5. The largest absolute Gasteiger partial charge is 0.391 e. The first-order valence-electron chi connectivity index (χ1n) is 15.9. The highest BCUT2D eigenvalue weighted by Crippen LogP contribution is 2.27. The lowest BCUT2D eigenvalue weighted by atomic mass is 10.00. The molecule has 252 valence electrons. The van der Waals surface area contributed by atoms with Crippen LogP contribution in [-0.2, 0) is 30.4 Å². The number of aliphatic hydroxyl groups is 1. The van der Waals surface area contributed by atoms with Gasteiger partial charge in [-0.15, -0.1) is 0 Å². The van der Waals surface area contributed by atoms with Crippen molar-refractivity contribution in [1.82, 2.24) is 36.6 Å². The summed E-state index contributed by atoms with van der Waals surface area (Å²) in [5.74, 6) is -4.31. The molecule has 5 rings (SSSR count). The number of fused-ring (bicyclic) bond motifs is 2. The average molecular weight is 652 g/mol. The number of carbonyl (C=O) groups is 6. The lowest BCUT2D eigenvalue weighted by molar-refractivity contribution is -0.143. The molecule has 2 aromatic rings. The third kappa shape index (κ3) is 7.79. The van der Waals surface area contributed by atoms with Gasteiger partial charge in [-0.05, 0) is 45.6 Å². The van der Waals surface area contributed by atoms with Crippen LogP contribution in [0.5, 0.6) is 0 Å². The Bertz CT molecular complexity index is 1510. The molecule has 47 heavy (non-hydrogen) atoms. The molecule has 2 saturated heterocycles. The Labute approximate surface area is 271 Å². The minimum atomic E-state index is -1.40. The SMILES string of the molecule is Cc1cc(C(=O)N[C@@H]2C[C@H]3C(=O)N[C@@H](C)C(=O)N[C@@H]4CCC[C@H]4C(=O)N[C@@H]([C@@H](C)O)C(=O)N[C@@H](Cc4ccccc4)C(=O)N3C2)on1. The summed E-state index contributed by atoms with van der Waals surface area (Å²) in [4.78, 5) is 82.5. The molecule has 2 aliphatic heterocycles. The molecule has 15 heteroatoms. The summed E-state index contributed by atoms with van der Waals surface area (Å²) in [6, 6.07) is 4.45. The highest BCUT2D eigenvalue weighted by Gasteiger charge is 2.45. The topological polar surface area (TPSA) is 212 Å². The van der Waals surface area contributed by atoms with Crippen LogP contribution in [-0.4, -0.2) is 99.5 Å². The number of hydrogen-bond donors (Lipinski definition) is 6. The van der Waals surface area contributed by atoms with E-state index in [0.717, 1.165) is 0 Å². The van der Waals surface area contributed by atoms with Crippen molar-refractivity contribution in [3.8, 4) is 0 Å². The molecule has 1 saturated carbocycles. The fraction of sp³-hybridized carbons (Fsp3) is 0.531. The summed E-state index contributed by atoms with van der Waals surface area (Å²) in [7, 11) is 0. The third-order valence-electron chi connectivity index (χ3n) is 8.97. The Kier molecular flexibility index (Phi) is 10.2. The van der Waals surface area contributed by atoms with Gasteiger partial charge in [-0.2, -0.15) is 0 Å². The molecule has 1 aromatic carbocycles. The first kappa shape index (κ1) is 33.6. The van der Waals surface area contributed by atoms with Crippen LogP contribution in [0, 0.1) is 12.8 Å². The van der Waals surface area contributed by atoms with Crippen molar-refractivity contribution in [3.05, 3.63) is 53.4 Å². The van der Waals surface area contributed by atoms with Gasteiger partial charge < -0.3 is 41.1 Å². The number of benzene rings is 1. The number of carbonyl (C=O) groups excluding carboxylic acids is 6. The summed E-state index contributed by atoms with van der Waals surface area (Å²) >= 11 is 0. The maximum Gasteiger partial charge on any atom is 0.290 e. The van der Waals surface area contributed by atoms with Crippen LogP contribution in [0.3, 0.4) is 0 Å². The number of rotatable bonds is 5. The molecule has 3 aliphatic rings. The van der Waals surface area contributed by atoms with E-state index in [2.05, 4.69) is 31.7 Å². The summed E-state index contributed by atoms with van der Waals surface area (Å²) in [6.45, 7) is 4.44. The van der Waals surface area contributed by atoms with E-state index < -0.39 is 83.7 Å². The molecule has 8 atom stereocenters.